The molecule has 0 radical (unpaired) electrons. The Balaban J connectivity index is 2.37. The summed E-state index contributed by atoms with van der Waals surface area (Å²) in [4.78, 5) is 12.6. The molecule has 0 saturated heterocycles. The van der Waals surface area contributed by atoms with E-state index in [2.05, 4.69) is 41.5 Å². The van der Waals surface area contributed by atoms with Crippen LogP contribution in [0.3, 0.4) is 0 Å². The molecule has 124 valence electrons. The molecule has 21 heavy (non-hydrogen) atoms. The molecule has 1 fully saturated rings. The highest BCUT2D eigenvalue weighted by Crippen LogP contribution is 2.52. The van der Waals surface area contributed by atoms with E-state index in [-0.39, 0.29) is 22.8 Å². The average molecular weight is 297 g/mol. The van der Waals surface area contributed by atoms with Crippen LogP contribution in [0.4, 0.5) is 0 Å². The molecule has 0 aromatic carbocycles. The first-order valence-electron chi connectivity index (χ1n) is 8.55. The Kier molecular flexibility index (Phi) is 6.02. The Morgan fingerprint density at radius 3 is 2.24 bits per heavy atom. The van der Waals surface area contributed by atoms with Gasteiger partial charge in [0.15, 0.2) is 5.78 Å². The zero-order chi connectivity index (χ0) is 16.4. The van der Waals surface area contributed by atoms with Crippen LogP contribution in [0.2, 0.25) is 0 Å². The molecule has 1 saturated carbocycles. The van der Waals surface area contributed by atoms with E-state index in [9.17, 15) is 4.79 Å². The summed E-state index contributed by atoms with van der Waals surface area (Å²) in [6.07, 6.45) is 2.43. The predicted octanol–water partition coefficient (Wildman–Crippen LogP) is 3.80. The fraction of sp³-hybridized carbons (Fsp3) is 0.944. The van der Waals surface area contributed by atoms with E-state index in [0.717, 1.165) is 19.3 Å². The lowest BCUT2D eigenvalue weighted by atomic mass is 9.71. The zero-order valence-electron chi connectivity index (χ0n) is 15.0. The van der Waals surface area contributed by atoms with E-state index in [4.69, 9.17) is 10.5 Å². The summed E-state index contributed by atoms with van der Waals surface area (Å²) >= 11 is 0. The molecule has 0 aromatic rings. The van der Waals surface area contributed by atoms with Gasteiger partial charge in [-0.25, -0.2) is 0 Å². The molecule has 0 heterocycles. The van der Waals surface area contributed by atoms with Crippen LogP contribution < -0.4 is 5.73 Å². The SMILES string of the molecule is CCC(C)(C(=O)C(N)CCCOC1(C)C(C)C1C)C(C)C. The van der Waals surface area contributed by atoms with Crippen LogP contribution in [0, 0.1) is 23.2 Å². The number of carbonyl (C=O) groups is 1. The molecule has 1 rings (SSSR count). The minimum absolute atomic E-state index is 0.0456. The van der Waals surface area contributed by atoms with Crippen molar-refractivity contribution >= 4 is 5.78 Å². The Morgan fingerprint density at radius 2 is 1.86 bits per heavy atom. The van der Waals surface area contributed by atoms with Gasteiger partial charge in [-0.2, -0.15) is 0 Å². The molecule has 4 atom stereocenters. The minimum Gasteiger partial charge on any atom is -0.375 e. The van der Waals surface area contributed by atoms with Crippen molar-refractivity contribution in [2.45, 2.75) is 79.4 Å². The van der Waals surface area contributed by atoms with Crippen LogP contribution in [0.1, 0.15) is 67.7 Å². The number of rotatable bonds is 9. The quantitative estimate of drug-likeness (QED) is 0.659. The van der Waals surface area contributed by atoms with Crippen LogP contribution in [0.15, 0.2) is 0 Å². The highest BCUT2D eigenvalue weighted by molar-refractivity contribution is 5.89. The molecule has 3 heteroatoms. The van der Waals surface area contributed by atoms with Gasteiger partial charge >= 0.3 is 0 Å². The maximum absolute atomic E-state index is 12.6. The van der Waals surface area contributed by atoms with Crippen LogP contribution in [0.25, 0.3) is 0 Å². The Labute approximate surface area is 131 Å². The first-order valence-corrected chi connectivity index (χ1v) is 8.55. The molecule has 0 bridgehead atoms. The van der Waals surface area contributed by atoms with E-state index in [0.29, 0.717) is 24.4 Å². The molecule has 1 aliphatic rings. The van der Waals surface area contributed by atoms with E-state index < -0.39 is 0 Å². The van der Waals surface area contributed by atoms with Gasteiger partial charge in [-0.05, 0) is 43.9 Å². The van der Waals surface area contributed by atoms with Crippen molar-refractivity contribution in [1.29, 1.82) is 0 Å². The standard InChI is InChI=1S/C18H35NO2/c1-8-17(6,12(2)3)16(20)15(19)10-9-11-21-18(7)13(4)14(18)5/h12-15H,8-11,19H2,1-7H3. The summed E-state index contributed by atoms with van der Waals surface area (Å²) in [6.45, 7) is 15.7. The molecule has 0 aromatic heterocycles. The van der Waals surface area contributed by atoms with Crippen molar-refractivity contribution in [3.63, 3.8) is 0 Å². The van der Waals surface area contributed by atoms with Gasteiger partial charge in [0, 0.05) is 12.0 Å². The highest BCUT2D eigenvalue weighted by Gasteiger charge is 2.56. The van der Waals surface area contributed by atoms with Gasteiger partial charge in [0.2, 0.25) is 0 Å². The number of ketones is 1. The van der Waals surface area contributed by atoms with E-state index in [1.165, 1.54) is 0 Å². The number of nitrogens with two attached hydrogens (primary N) is 1. The molecule has 0 spiro atoms. The van der Waals surface area contributed by atoms with Crippen molar-refractivity contribution in [3.8, 4) is 0 Å². The topological polar surface area (TPSA) is 52.3 Å². The number of hydrogen-bond donors (Lipinski definition) is 1. The zero-order valence-corrected chi connectivity index (χ0v) is 15.0. The van der Waals surface area contributed by atoms with Gasteiger partial charge in [0.1, 0.15) is 0 Å². The third-order valence-corrected chi connectivity index (χ3v) is 6.43. The maximum atomic E-state index is 12.6. The molecule has 4 unspecified atom stereocenters. The lowest BCUT2D eigenvalue weighted by Gasteiger charge is -2.33. The van der Waals surface area contributed by atoms with Crippen LogP contribution in [0.5, 0.6) is 0 Å². The van der Waals surface area contributed by atoms with Crippen LogP contribution >= 0.6 is 0 Å². The van der Waals surface area contributed by atoms with Crippen molar-refractivity contribution in [1.82, 2.24) is 0 Å². The summed E-state index contributed by atoms with van der Waals surface area (Å²) in [5, 5.41) is 0. The fourth-order valence-electron chi connectivity index (χ4n) is 3.23. The number of hydrogen-bond acceptors (Lipinski definition) is 3. The number of ether oxygens (including phenoxy) is 1. The molecule has 0 aliphatic heterocycles. The summed E-state index contributed by atoms with van der Waals surface area (Å²) in [7, 11) is 0. The second kappa shape index (κ2) is 6.78. The summed E-state index contributed by atoms with van der Waals surface area (Å²) in [6, 6.07) is -0.359. The Bertz CT molecular complexity index is 358. The van der Waals surface area contributed by atoms with Gasteiger partial charge in [0.25, 0.3) is 0 Å². The Morgan fingerprint density at radius 1 is 1.33 bits per heavy atom. The van der Waals surface area contributed by atoms with Gasteiger partial charge in [-0.1, -0.05) is 41.5 Å². The van der Waals surface area contributed by atoms with E-state index in [1.54, 1.807) is 0 Å². The third-order valence-electron chi connectivity index (χ3n) is 6.43. The molecule has 3 nitrogen and oxygen atoms in total. The second-order valence-corrected chi connectivity index (χ2v) is 7.65. The maximum Gasteiger partial charge on any atom is 0.155 e. The average Bonchev–Trinajstić information content (AvgIpc) is 2.92. The summed E-state index contributed by atoms with van der Waals surface area (Å²) in [5.41, 5.74) is 5.88. The number of carbonyl (C=O) groups excluding carboxylic acids is 1. The molecule has 2 N–H and O–H groups in total. The fourth-order valence-corrected chi connectivity index (χ4v) is 3.23. The van der Waals surface area contributed by atoms with Crippen molar-refractivity contribution in [2.75, 3.05) is 6.61 Å². The molecule has 1 aliphatic carbocycles. The largest absolute Gasteiger partial charge is 0.375 e. The van der Waals surface area contributed by atoms with Crippen molar-refractivity contribution in [2.24, 2.45) is 28.9 Å². The molecular weight excluding hydrogens is 262 g/mol. The lowest BCUT2D eigenvalue weighted by molar-refractivity contribution is -0.132. The second-order valence-electron chi connectivity index (χ2n) is 7.65. The molecular formula is C18H35NO2. The van der Waals surface area contributed by atoms with Gasteiger partial charge in [-0.3, -0.25) is 4.79 Å². The monoisotopic (exact) mass is 297 g/mol. The van der Waals surface area contributed by atoms with Crippen LogP contribution in [-0.2, 0) is 9.53 Å². The predicted molar refractivity (Wildman–Crippen MR) is 88.1 cm³/mol. The summed E-state index contributed by atoms with van der Waals surface area (Å²) < 4.78 is 5.99. The van der Waals surface area contributed by atoms with E-state index >= 15 is 0 Å². The van der Waals surface area contributed by atoms with Gasteiger partial charge in [-0.15, -0.1) is 0 Å². The summed E-state index contributed by atoms with van der Waals surface area (Å²) in [5.74, 6) is 1.80. The minimum atomic E-state index is -0.359. The Hall–Kier alpha value is -0.410. The van der Waals surface area contributed by atoms with Gasteiger partial charge in [0.05, 0.1) is 11.6 Å². The first kappa shape index (κ1) is 18.6. The highest BCUT2D eigenvalue weighted by atomic mass is 16.5. The number of Topliss-reactive ketones (excluding diaryl/α,β-unsaturated/α-hetero) is 1. The van der Waals surface area contributed by atoms with Crippen molar-refractivity contribution in [3.05, 3.63) is 0 Å². The first-order chi connectivity index (χ1) is 9.61. The third kappa shape index (κ3) is 3.68. The lowest BCUT2D eigenvalue weighted by Crippen LogP contribution is -2.44. The van der Waals surface area contributed by atoms with Crippen LogP contribution in [-0.4, -0.2) is 24.0 Å². The normalized spacial score (nSPS) is 32.8. The van der Waals surface area contributed by atoms with Gasteiger partial charge < -0.3 is 10.5 Å². The van der Waals surface area contributed by atoms with E-state index in [1.807, 2.05) is 6.92 Å². The smallest absolute Gasteiger partial charge is 0.155 e. The molecule has 0 amide bonds. The van der Waals surface area contributed by atoms with Crippen molar-refractivity contribution < 1.29 is 9.53 Å².